The van der Waals surface area contributed by atoms with Crippen molar-refractivity contribution in [3.63, 3.8) is 0 Å². The second-order valence-corrected chi connectivity index (χ2v) is 8.60. The van der Waals surface area contributed by atoms with Gasteiger partial charge in [-0.05, 0) is 55.9 Å². The monoisotopic (exact) mass is 412 g/mol. The molecule has 0 bridgehead atoms. The van der Waals surface area contributed by atoms with Crippen LogP contribution in [0, 0.1) is 6.92 Å². The minimum absolute atomic E-state index is 0.321. The van der Waals surface area contributed by atoms with Crippen LogP contribution in [0.3, 0.4) is 0 Å². The van der Waals surface area contributed by atoms with Gasteiger partial charge < -0.3 is 16.8 Å². The lowest BCUT2D eigenvalue weighted by atomic mass is 9.85. The van der Waals surface area contributed by atoms with Gasteiger partial charge in [0, 0.05) is 23.7 Å². The first-order valence-corrected chi connectivity index (χ1v) is 10.9. The number of aryl methyl sites for hydroxylation is 1. The molecule has 1 aliphatic carbocycles. The van der Waals surface area contributed by atoms with E-state index in [0.29, 0.717) is 17.8 Å². The molecule has 6 heteroatoms. The second-order valence-electron chi connectivity index (χ2n) is 8.60. The molecule has 5 rings (SSSR count). The number of nitrogens with two attached hydrogens (primary N) is 2. The predicted octanol–water partition coefficient (Wildman–Crippen LogP) is 5.02. The summed E-state index contributed by atoms with van der Waals surface area (Å²) >= 11 is 0. The van der Waals surface area contributed by atoms with Gasteiger partial charge in [-0.2, -0.15) is 0 Å². The maximum atomic E-state index is 6.08. The van der Waals surface area contributed by atoms with Crippen molar-refractivity contribution in [3.05, 3.63) is 72.1 Å². The zero-order valence-electron chi connectivity index (χ0n) is 17.8. The molecule has 31 heavy (non-hydrogen) atoms. The lowest BCUT2D eigenvalue weighted by Crippen LogP contribution is -2.25. The predicted molar refractivity (Wildman–Crippen MR) is 126 cm³/mol. The van der Waals surface area contributed by atoms with Crippen LogP contribution in [-0.2, 0) is 0 Å². The van der Waals surface area contributed by atoms with E-state index in [2.05, 4.69) is 65.9 Å². The number of anilines is 3. The lowest BCUT2D eigenvalue weighted by molar-refractivity contribution is 0.391. The quantitative estimate of drug-likeness (QED) is 0.438. The maximum Gasteiger partial charge on any atom is 0.177 e. The Morgan fingerprint density at radius 3 is 2.26 bits per heavy atom. The molecule has 0 spiro atoms. The molecule has 2 aromatic carbocycles. The number of rotatable bonds is 4. The Hall–Kier alpha value is -3.38. The minimum Gasteiger partial charge on any atom is -0.382 e. The number of aromatic nitrogens is 3. The molecular weight excluding hydrogens is 384 g/mol. The highest BCUT2D eigenvalue weighted by Gasteiger charge is 2.23. The van der Waals surface area contributed by atoms with Gasteiger partial charge >= 0.3 is 0 Å². The fourth-order valence-electron chi connectivity index (χ4n) is 4.37. The van der Waals surface area contributed by atoms with Gasteiger partial charge in [0.1, 0.15) is 5.82 Å². The number of nitrogens with one attached hydrogen (secondary N) is 1. The van der Waals surface area contributed by atoms with E-state index in [1.807, 2.05) is 12.3 Å². The molecule has 6 nitrogen and oxygen atoms in total. The Bertz CT molecular complexity index is 1190. The topological polar surface area (TPSA) is 94.3 Å². The zero-order chi connectivity index (χ0) is 21.4. The number of nitrogens with zero attached hydrogens (tertiary/aromatic N) is 3. The molecular formula is C25H28N6. The summed E-state index contributed by atoms with van der Waals surface area (Å²) in [6, 6.07) is 19.1. The van der Waals surface area contributed by atoms with Crippen LogP contribution in [0.25, 0.3) is 16.8 Å². The fraction of sp³-hybridized carbons (Fsp3) is 0.280. The van der Waals surface area contributed by atoms with Crippen LogP contribution in [-0.4, -0.2) is 20.6 Å². The van der Waals surface area contributed by atoms with E-state index >= 15 is 0 Å². The van der Waals surface area contributed by atoms with Gasteiger partial charge in [-0.15, -0.1) is 5.10 Å². The van der Waals surface area contributed by atoms with Gasteiger partial charge in [0.2, 0.25) is 0 Å². The van der Waals surface area contributed by atoms with Gasteiger partial charge in [-0.25, -0.2) is 9.50 Å². The normalized spacial score (nSPS) is 18.9. The standard InChI is InChI=1S/C25H28N6/c1-16-2-4-17(5-3-16)18-8-12-21(13-9-18)28-22-14-24(27)30-31-15-23(29-25(22)31)19-6-10-20(26)11-7-19/h2-5,8-9,12-15,19-20,28H,6-7,10-11,26H2,1H3,(H2,27,30). The molecule has 1 fully saturated rings. The molecule has 1 aliphatic rings. The van der Waals surface area contributed by atoms with E-state index in [1.165, 1.54) is 16.7 Å². The smallest absolute Gasteiger partial charge is 0.177 e. The largest absolute Gasteiger partial charge is 0.382 e. The Morgan fingerprint density at radius 2 is 1.58 bits per heavy atom. The SMILES string of the molecule is Cc1ccc(-c2ccc(Nc3cc(N)nn4cc(C5CCC(N)CC5)nc34)cc2)cc1. The Kier molecular flexibility index (Phi) is 5.08. The number of hydrogen-bond acceptors (Lipinski definition) is 5. The van der Waals surface area contributed by atoms with Gasteiger partial charge in [0.25, 0.3) is 0 Å². The molecule has 0 atom stereocenters. The molecule has 0 radical (unpaired) electrons. The molecule has 2 aromatic heterocycles. The van der Waals surface area contributed by atoms with Crippen LogP contribution in [0.5, 0.6) is 0 Å². The highest BCUT2D eigenvalue weighted by molar-refractivity contribution is 5.77. The van der Waals surface area contributed by atoms with Crippen molar-refractivity contribution in [3.8, 4) is 11.1 Å². The van der Waals surface area contributed by atoms with E-state index in [1.54, 1.807) is 4.52 Å². The van der Waals surface area contributed by atoms with Gasteiger partial charge in [0.15, 0.2) is 5.65 Å². The molecule has 5 N–H and O–H groups in total. The Morgan fingerprint density at radius 1 is 0.935 bits per heavy atom. The molecule has 0 saturated heterocycles. The van der Waals surface area contributed by atoms with Crippen molar-refractivity contribution >= 4 is 22.8 Å². The van der Waals surface area contributed by atoms with Crippen molar-refractivity contribution in [1.82, 2.24) is 14.6 Å². The van der Waals surface area contributed by atoms with Crippen molar-refractivity contribution in [2.24, 2.45) is 5.73 Å². The van der Waals surface area contributed by atoms with Gasteiger partial charge in [-0.1, -0.05) is 42.0 Å². The van der Waals surface area contributed by atoms with Crippen LogP contribution in [0.2, 0.25) is 0 Å². The third kappa shape index (κ3) is 4.11. The summed E-state index contributed by atoms with van der Waals surface area (Å²) in [5.41, 5.74) is 19.5. The summed E-state index contributed by atoms with van der Waals surface area (Å²) in [6.45, 7) is 2.10. The van der Waals surface area contributed by atoms with Crippen molar-refractivity contribution < 1.29 is 0 Å². The lowest BCUT2D eigenvalue weighted by Gasteiger charge is -2.24. The Balaban J connectivity index is 1.41. The second kappa shape index (κ2) is 8.04. The number of benzene rings is 2. The van der Waals surface area contributed by atoms with Crippen LogP contribution in [0.4, 0.5) is 17.2 Å². The summed E-state index contributed by atoms with van der Waals surface area (Å²) in [6.07, 6.45) is 6.26. The van der Waals surface area contributed by atoms with Crippen LogP contribution >= 0.6 is 0 Å². The molecule has 158 valence electrons. The maximum absolute atomic E-state index is 6.08. The first kappa shape index (κ1) is 19.6. The molecule has 0 unspecified atom stereocenters. The minimum atomic E-state index is 0.321. The summed E-state index contributed by atoms with van der Waals surface area (Å²) in [5, 5.41) is 7.91. The van der Waals surface area contributed by atoms with Crippen molar-refractivity contribution in [2.75, 3.05) is 11.1 Å². The highest BCUT2D eigenvalue weighted by atomic mass is 15.3. The summed E-state index contributed by atoms with van der Waals surface area (Å²) in [4.78, 5) is 4.91. The third-order valence-electron chi connectivity index (χ3n) is 6.20. The van der Waals surface area contributed by atoms with Crippen LogP contribution in [0.15, 0.2) is 60.8 Å². The average Bonchev–Trinajstić information content (AvgIpc) is 3.19. The molecule has 0 amide bonds. The van der Waals surface area contributed by atoms with Crippen molar-refractivity contribution in [1.29, 1.82) is 0 Å². The number of nitrogen functional groups attached to an aromatic ring is 1. The molecule has 4 aromatic rings. The fourth-order valence-corrected chi connectivity index (χ4v) is 4.37. The van der Waals surface area contributed by atoms with Crippen molar-refractivity contribution in [2.45, 2.75) is 44.6 Å². The molecule has 0 aliphatic heterocycles. The van der Waals surface area contributed by atoms with Gasteiger partial charge in [0.05, 0.1) is 17.6 Å². The summed E-state index contributed by atoms with van der Waals surface area (Å²) in [5.74, 6) is 0.894. The van der Waals surface area contributed by atoms with Crippen LogP contribution < -0.4 is 16.8 Å². The van der Waals surface area contributed by atoms with Crippen LogP contribution in [0.1, 0.15) is 42.9 Å². The number of fused-ring (bicyclic) bond motifs is 1. The molecule has 2 heterocycles. The number of imidazole rings is 1. The van der Waals surface area contributed by atoms with E-state index in [4.69, 9.17) is 16.5 Å². The van der Waals surface area contributed by atoms with Gasteiger partial charge in [-0.3, -0.25) is 0 Å². The average molecular weight is 413 g/mol. The van der Waals surface area contributed by atoms with E-state index in [0.717, 1.165) is 48.4 Å². The summed E-state index contributed by atoms with van der Waals surface area (Å²) in [7, 11) is 0. The van der Waals surface area contributed by atoms with E-state index in [-0.39, 0.29) is 0 Å². The van der Waals surface area contributed by atoms with E-state index < -0.39 is 0 Å². The third-order valence-corrected chi connectivity index (χ3v) is 6.20. The first-order chi connectivity index (χ1) is 15.0. The summed E-state index contributed by atoms with van der Waals surface area (Å²) < 4.78 is 1.79. The first-order valence-electron chi connectivity index (χ1n) is 10.9. The molecule has 1 saturated carbocycles. The van der Waals surface area contributed by atoms with E-state index in [9.17, 15) is 0 Å². The zero-order valence-corrected chi connectivity index (χ0v) is 17.8. The highest BCUT2D eigenvalue weighted by Crippen LogP contribution is 2.33. The Labute approximate surface area is 182 Å². The number of hydrogen-bond donors (Lipinski definition) is 3.